The minimum absolute atomic E-state index is 0.0991. The van der Waals surface area contributed by atoms with E-state index >= 15 is 0 Å². The lowest BCUT2D eigenvalue weighted by Gasteiger charge is -2.28. The van der Waals surface area contributed by atoms with Crippen LogP contribution in [0.3, 0.4) is 0 Å². The number of thiophene rings is 1. The van der Waals surface area contributed by atoms with E-state index in [9.17, 15) is 4.79 Å². The molecule has 1 aromatic carbocycles. The zero-order valence-corrected chi connectivity index (χ0v) is 15.0. The quantitative estimate of drug-likeness (QED) is 0.813. The summed E-state index contributed by atoms with van der Waals surface area (Å²) in [6.45, 7) is 3.38. The Morgan fingerprint density at radius 3 is 2.58 bits per heavy atom. The molecule has 3 rings (SSSR count). The van der Waals surface area contributed by atoms with E-state index < -0.39 is 0 Å². The van der Waals surface area contributed by atoms with Crippen LogP contribution < -0.4 is 10.1 Å². The van der Waals surface area contributed by atoms with Gasteiger partial charge in [0.1, 0.15) is 5.75 Å². The van der Waals surface area contributed by atoms with Crippen LogP contribution in [0.2, 0.25) is 0 Å². The highest BCUT2D eigenvalue weighted by Crippen LogP contribution is 2.42. The van der Waals surface area contributed by atoms with Gasteiger partial charge in [-0.2, -0.15) is 0 Å². The van der Waals surface area contributed by atoms with Crippen molar-refractivity contribution in [2.45, 2.75) is 44.4 Å². The molecule has 0 bridgehead atoms. The summed E-state index contributed by atoms with van der Waals surface area (Å²) in [7, 11) is 0. The van der Waals surface area contributed by atoms with E-state index in [-0.39, 0.29) is 11.3 Å². The zero-order chi connectivity index (χ0) is 16.8. The van der Waals surface area contributed by atoms with Crippen LogP contribution in [0.15, 0.2) is 41.8 Å². The number of carbonyl (C=O) groups excluding carboxylic acids is 1. The van der Waals surface area contributed by atoms with E-state index in [4.69, 9.17) is 4.74 Å². The average Bonchev–Trinajstić information content (AvgIpc) is 3.27. The molecule has 1 aliphatic carbocycles. The number of benzene rings is 1. The van der Waals surface area contributed by atoms with Gasteiger partial charge in [-0.3, -0.25) is 4.79 Å². The summed E-state index contributed by atoms with van der Waals surface area (Å²) in [5, 5.41) is 5.31. The van der Waals surface area contributed by atoms with Gasteiger partial charge in [0.05, 0.1) is 13.0 Å². The lowest BCUT2D eigenvalue weighted by molar-refractivity contribution is -0.120. The van der Waals surface area contributed by atoms with Gasteiger partial charge in [0.15, 0.2) is 0 Å². The Morgan fingerprint density at radius 1 is 1.21 bits per heavy atom. The second-order valence-corrected chi connectivity index (χ2v) is 7.44. The van der Waals surface area contributed by atoms with Crippen LogP contribution >= 0.6 is 11.3 Å². The monoisotopic (exact) mass is 343 g/mol. The summed E-state index contributed by atoms with van der Waals surface area (Å²) in [4.78, 5) is 13.8. The van der Waals surface area contributed by atoms with Crippen LogP contribution in [-0.2, 0) is 16.6 Å². The molecule has 24 heavy (non-hydrogen) atoms. The Balaban J connectivity index is 1.56. The molecule has 0 saturated heterocycles. The predicted molar refractivity (Wildman–Crippen MR) is 98.8 cm³/mol. The Bertz CT molecular complexity index is 643. The van der Waals surface area contributed by atoms with Crippen LogP contribution in [-0.4, -0.2) is 19.1 Å². The van der Waals surface area contributed by atoms with Crippen molar-refractivity contribution in [2.24, 2.45) is 0 Å². The van der Waals surface area contributed by atoms with Crippen LogP contribution in [0.5, 0.6) is 5.75 Å². The van der Waals surface area contributed by atoms with Gasteiger partial charge in [-0.15, -0.1) is 11.3 Å². The first-order valence-electron chi connectivity index (χ1n) is 8.74. The topological polar surface area (TPSA) is 38.3 Å². The second kappa shape index (κ2) is 7.84. The zero-order valence-electron chi connectivity index (χ0n) is 14.2. The molecule has 1 aliphatic rings. The number of nitrogens with one attached hydrogen (secondary N) is 1. The lowest BCUT2D eigenvalue weighted by atomic mass is 9.84. The van der Waals surface area contributed by atoms with Crippen molar-refractivity contribution in [3.63, 3.8) is 0 Å². The van der Waals surface area contributed by atoms with Crippen molar-refractivity contribution in [1.29, 1.82) is 0 Å². The first-order valence-corrected chi connectivity index (χ1v) is 9.62. The van der Waals surface area contributed by atoms with Gasteiger partial charge in [-0.25, -0.2) is 0 Å². The van der Waals surface area contributed by atoms with Gasteiger partial charge in [0, 0.05) is 16.8 Å². The van der Waals surface area contributed by atoms with E-state index in [0.717, 1.165) is 17.9 Å². The standard InChI is InChI=1S/C20H25NO2S/c1-2-23-17-9-7-16(8-10-17)14-19(22)21-15-20(11-3-4-12-20)18-6-5-13-24-18/h5-10,13H,2-4,11-12,14-15H2,1H3,(H,21,22). The van der Waals surface area contributed by atoms with Crippen molar-refractivity contribution in [3.8, 4) is 5.75 Å². The molecule has 0 unspecified atom stereocenters. The molecule has 0 spiro atoms. The van der Waals surface area contributed by atoms with Gasteiger partial charge in [0.25, 0.3) is 0 Å². The minimum Gasteiger partial charge on any atom is -0.494 e. The molecule has 4 heteroatoms. The normalized spacial score (nSPS) is 16.0. The van der Waals surface area contributed by atoms with Crippen molar-refractivity contribution in [2.75, 3.05) is 13.2 Å². The summed E-state index contributed by atoms with van der Waals surface area (Å²) >= 11 is 1.82. The van der Waals surface area contributed by atoms with Crippen molar-refractivity contribution in [3.05, 3.63) is 52.2 Å². The van der Waals surface area contributed by atoms with Gasteiger partial charge < -0.3 is 10.1 Å². The molecular weight excluding hydrogens is 318 g/mol. The van der Waals surface area contributed by atoms with Gasteiger partial charge in [0.2, 0.25) is 5.91 Å². The number of rotatable bonds is 7. The van der Waals surface area contributed by atoms with E-state index in [1.807, 2.05) is 42.5 Å². The highest BCUT2D eigenvalue weighted by Gasteiger charge is 2.36. The minimum atomic E-state index is 0.0991. The highest BCUT2D eigenvalue weighted by atomic mass is 32.1. The molecule has 1 amide bonds. The van der Waals surface area contributed by atoms with Gasteiger partial charge in [-0.1, -0.05) is 31.0 Å². The Morgan fingerprint density at radius 2 is 1.96 bits per heavy atom. The average molecular weight is 343 g/mol. The predicted octanol–water partition coefficient (Wildman–Crippen LogP) is 4.32. The summed E-state index contributed by atoms with van der Waals surface area (Å²) in [5.41, 5.74) is 1.18. The fourth-order valence-corrected chi connectivity index (χ4v) is 4.52. The van der Waals surface area contributed by atoms with Gasteiger partial charge in [-0.05, 0) is 48.9 Å². The van der Waals surface area contributed by atoms with Gasteiger partial charge >= 0.3 is 0 Å². The maximum absolute atomic E-state index is 12.4. The first kappa shape index (κ1) is 17.0. The second-order valence-electron chi connectivity index (χ2n) is 6.50. The molecule has 1 aromatic heterocycles. The summed E-state index contributed by atoms with van der Waals surface area (Å²) in [6.07, 6.45) is 5.29. The Labute approximate surface area is 148 Å². The molecule has 1 heterocycles. The van der Waals surface area contributed by atoms with Crippen LogP contribution in [0.1, 0.15) is 43.0 Å². The van der Waals surface area contributed by atoms with Crippen LogP contribution in [0.4, 0.5) is 0 Å². The molecule has 0 aliphatic heterocycles. The van der Waals surface area contributed by atoms with Crippen LogP contribution in [0.25, 0.3) is 0 Å². The number of amides is 1. The third-order valence-electron chi connectivity index (χ3n) is 4.83. The summed E-state index contributed by atoms with van der Waals surface area (Å²) in [5.74, 6) is 0.950. The number of hydrogen-bond acceptors (Lipinski definition) is 3. The Hall–Kier alpha value is -1.81. The molecule has 3 nitrogen and oxygen atoms in total. The molecule has 128 valence electrons. The molecule has 1 N–H and O–H groups in total. The smallest absolute Gasteiger partial charge is 0.224 e. The van der Waals surface area contributed by atoms with Crippen molar-refractivity contribution < 1.29 is 9.53 Å². The highest BCUT2D eigenvalue weighted by molar-refractivity contribution is 7.10. The number of ether oxygens (including phenoxy) is 1. The maximum atomic E-state index is 12.4. The number of hydrogen-bond donors (Lipinski definition) is 1. The van der Waals surface area contributed by atoms with E-state index in [2.05, 4.69) is 22.8 Å². The summed E-state index contributed by atoms with van der Waals surface area (Å²) < 4.78 is 5.44. The first-order chi connectivity index (χ1) is 11.7. The maximum Gasteiger partial charge on any atom is 0.224 e. The molecular formula is C20H25NO2S. The molecule has 1 fully saturated rings. The molecule has 0 atom stereocenters. The number of carbonyl (C=O) groups is 1. The molecule has 2 aromatic rings. The van der Waals surface area contributed by atoms with E-state index in [1.165, 1.54) is 30.6 Å². The third-order valence-corrected chi connectivity index (χ3v) is 5.94. The molecule has 0 radical (unpaired) electrons. The Kier molecular flexibility index (Phi) is 5.56. The summed E-state index contributed by atoms with van der Waals surface area (Å²) in [6, 6.07) is 12.1. The third kappa shape index (κ3) is 3.99. The van der Waals surface area contributed by atoms with E-state index in [0.29, 0.717) is 13.0 Å². The SMILES string of the molecule is CCOc1ccc(CC(=O)NCC2(c3cccs3)CCCC2)cc1. The van der Waals surface area contributed by atoms with Crippen molar-refractivity contribution >= 4 is 17.2 Å². The fourth-order valence-electron chi connectivity index (χ4n) is 3.53. The molecule has 1 saturated carbocycles. The van der Waals surface area contributed by atoms with Crippen LogP contribution in [0, 0.1) is 0 Å². The lowest BCUT2D eigenvalue weighted by Crippen LogP contribution is -2.39. The largest absolute Gasteiger partial charge is 0.494 e. The fraction of sp³-hybridized carbons (Fsp3) is 0.450. The van der Waals surface area contributed by atoms with E-state index in [1.54, 1.807) is 0 Å². The van der Waals surface area contributed by atoms with Crippen molar-refractivity contribution in [1.82, 2.24) is 5.32 Å².